The molecule has 0 atom stereocenters. The molecular weight excluding hydrogens is 286 g/mol. The Labute approximate surface area is 124 Å². The minimum atomic E-state index is -3.23. The topological polar surface area (TPSA) is 52.7 Å². The van der Waals surface area contributed by atoms with Gasteiger partial charge < -0.3 is 5.32 Å². The summed E-state index contributed by atoms with van der Waals surface area (Å²) in [5, 5.41) is 3.16. The molecule has 7 heteroatoms. The Morgan fingerprint density at radius 2 is 1.89 bits per heavy atom. The van der Waals surface area contributed by atoms with E-state index in [0.29, 0.717) is 25.6 Å². The Morgan fingerprint density at radius 1 is 1.32 bits per heavy atom. The summed E-state index contributed by atoms with van der Waals surface area (Å²) in [6, 6.07) is 0. The van der Waals surface area contributed by atoms with Gasteiger partial charge in [-0.3, -0.25) is 0 Å². The van der Waals surface area contributed by atoms with Gasteiger partial charge in [0, 0.05) is 26.7 Å². The van der Waals surface area contributed by atoms with E-state index in [2.05, 4.69) is 12.2 Å². The molecule has 19 heavy (non-hydrogen) atoms. The quantitative estimate of drug-likeness (QED) is 0.771. The van der Waals surface area contributed by atoms with E-state index in [9.17, 15) is 8.42 Å². The fourth-order valence-corrected chi connectivity index (χ4v) is 3.75. The number of unbranched alkanes of at least 4 members (excludes halogenated alkanes) is 1. The van der Waals surface area contributed by atoms with Crippen molar-refractivity contribution in [3.63, 3.8) is 0 Å². The molecule has 1 fully saturated rings. The van der Waals surface area contributed by atoms with Crippen LogP contribution in [0, 0.1) is 5.92 Å². The van der Waals surface area contributed by atoms with Crippen LogP contribution < -0.4 is 5.32 Å². The third kappa shape index (κ3) is 5.55. The van der Waals surface area contributed by atoms with Crippen molar-refractivity contribution in [1.29, 1.82) is 0 Å². The van der Waals surface area contributed by atoms with Gasteiger partial charge in [-0.2, -0.15) is 17.0 Å². The van der Waals surface area contributed by atoms with E-state index >= 15 is 0 Å². The number of hydrogen-bond acceptors (Lipinski definition) is 3. The van der Waals surface area contributed by atoms with Crippen LogP contribution in [0.1, 0.15) is 32.6 Å². The van der Waals surface area contributed by atoms with Crippen molar-refractivity contribution in [1.82, 2.24) is 13.9 Å². The average Bonchev–Trinajstić information content (AvgIpc) is 2.37. The van der Waals surface area contributed by atoms with Gasteiger partial charge in [-0.05, 0) is 38.8 Å². The van der Waals surface area contributed by atoms with Crippen LogP contribution in [0.3, 0.4) is 0 Å². The lowest BCUT2D eigenvalue weighted by Gasteiger charge is -2.33. The maximum Gasteiger partial charge on any atom is 0.281 e. The van der Waals surface area contributed by atoms with Crippen molar-refractivity contribution in [3.05, 3.63) is 0 Å². The van der Waals surface area contributed by atoms with Crippen molar-refractivity contribution in [2.24, 2.45) is 5.92 Å². The standard InChI is InChI=1S/C12H27N3O2S.ClH/c1-4-5-8-14(3)18(16,17)15-9-6-12(7-10-15)11-13-2;/h12-13H,4-11H2,1-3H3;1H. The molecule has 0 unspecified atom stereocenters. The van der Waals surface area contributed by atoms with Gasteiger partial charge in [-0.25, -0.2) is 0 Å². The molecule has 1 rings (SSSR count). The highest BCUT2D eigenvalue weighted by Crippen LogP contribution is 2.20. The maximum atomic E-state index is 12.3. The summed E-state index contributed by atoms with van der Waals surface area (Å²) >= 11 is 0. The van der Waals surface area contributed by atoms with Crippen LogP contribution >= 0.6 is 12.4 Å². The SMILES string of the molecule is CCCCN(C)S(=O)(=O)N1CCC(CNC)CC1.Cl. The zero-order valence-corrected chi connectivity index (χ0v) is 13.9. The summed E-state index contributed by atoms with van der Waals surface area (Å²) in [6.45, 7) is 4.99. The van der Waals surface area contributed by atoms with E-state index in [4.69, 9.17) is 0 Å². The van der Waals surface area contributed by atoms with Crippen LogP contribution in [-0.2, 0) is 10.2 Å². The van der Waals surface area contributed by atoms with Gasteiger partial charge in [0.15, 0.2) is 0 Å². The Morgan fingerprint density at radius 3 is 2.37 bits per heavy atom. The van der Waals surface area contributed by atoms with E-state index in [1.54, 1.807) is 11.4 Å². The number of rotatable bonds is 7. The molecule has 0 aromatic carbocycles. The Balaban J connectivity index is 0.00000324. The third-order valence-corrected chi connectivity index (χ3v) is 5.60. The molecule has 0 aliphatic carbocycles. The van der Waals surface area contributed by atoms with E-state index in [-0.39, 0.29) is 12.4 Å². The Bertz CT molecular complexity index is 330. The van der Waals surface area contributed by atoms with Crippen molar-refractivity contribution in [2.45, 2.75) is 32.6 Å². The molecule has 0 bridgehead atoms. The van der Waals surface area contributed by atoms with Gasteiger partial charge in [-0.15, -0.1) is 12.4 Å². The lowest BCUT2D eigenvalue weighted by atomic mass is 9.98. The van der Waals surface area contributed by atoms with Gasteiger partial charge in [-0.1, -0.05) is 13.3 Å². The molecule has 0 radical (unpaired) electrons. The molecule has 5 nitrogen and oxygen atoms in total. The molecule has 0 amide bonds. The lowest BCUT2D eigenvalue weighted by Crippen LogP contribution is -2.46. The first kappa shape index (κ1) is 19.1. The van der Waals surface area contributed by atoms with Crippen LogP contribution in [-0.4, -0.2) is 57.3 Å². The maximum absolute atomic E-state index is 12.3. The minimum absolute atomic E-state index is 0. The number of halogens is 1. The minimum Gasteiger partial charge on any atom is -0.319 e. The van der Waals surface area contributed by atoms with Gasteiger partial charge >= 0.3 is 0 Å². The van der Waals surface area contributed by atoms with E-state index in [0.717, 1.165) is 32.2 Å². The molecule has 0 saturated carbocycles. The fraction of sp³-hybridized carbons (Fsp3) is 1.00. The van der Waals surface area contributed by atoms with Crippen LogP contribution in [0.25, 0.3) is 0 Å². The highest BCUT2D eigenvalue weighted by atomic mass is 35.5. The molecule has 1 saturated heterocycles. The van der Waals surface area contributed by atoms with Gasteiger partial charge in [0.25, 0.3) is 10.2 Å². The predicted octanol–water partition coefficient (Wildman–Crippen LogP) is 1.32. The summed E-state index contributed by atoms with van der Waals surface area (Å²) in [4.78, 5) is 0. The van der Waals surface area contributed by atoms with E-state index in [1.807, 2.05) is 7.05 Å². The molecule has 0 spiro atoms. The number of piperidine rings is 1. The first-order valence-corrected chi connectivity index (χ1v) is 8.28. The van der Waals surface area contributed by atoms with Gasteiger partial charge in [0.05, 0.1) is 0 Å². The molecule has 1 aliphatic rings. The first-order valence-electron chi connectivity index (χ1n) is 6.88. The number of nitrogens with zero attached hydrogens (tertiary/aromatic N) is 2. The summed E-state index contributed by atoms with van der Waals surface area (Å²) in [6.07, 6.45) is 3.86. The molecule has 1 aliphatic heterocycles. The molecule has 116 valence electrons. The monoisotopic (exact) mass is 313 g/mol. The number of nitrogens with one attached hydrogen (secondary N) is 1. The zero-order chi connectivity index (χ0) is 13.6. The second-order valence-corrected chi connectivity index (χ2v) is 7.12. The number of hydrogen-bond donors (Lipinski definition) is 1. The highest BCUT2D eigenvalue weighted by molar-refractivity contribution is 7.86. The molecular formula is C12H28ClN3O2S. The summed E-state index contributed by atoms with van der Waals surface area (Å²) < 4.78 is 27.7. The molecule has 0 aromatic heterocycles. The highest BCUT2D eigenvalue weighted by Gasteiger charge is 2.30. The normalized spacial score (nSPS) is 18.5. The molecule has 0 aromatic rings. The van der Waals surface area contributed by atoms with Gasteiger partial charge in [0.1, 0.15) is 0 Å². The predicted molar refractivity (Wildman–Crippen MR) is 81.9 cm³/mol. The van der Waals surface area contributed by atoms with E-state index in [1.165, 1.54) is 4.31 Å². The van der Waals surface area contributed by atoms with Crippen molar-refractivity contribution in [2.75, 3.05) is 40.3 Å². The smallest absolute Gasteiger partial charge is 0.281 e. The molecule has 1 N–H and O–H groups in total. The third-order valence-electron chi connectivity index (χ3n) is 3.61. The Hall–Kier alpha value is 0.120. The summed E-state index contributed by atoms with van der Waals surface area (Å²) in [7, 11) is 0.405. The average molecular weight is 314 g/mol. The van der Waals surface area contributed by atoms with Crippen LogP contribution in [0.2, 0.25) is 0 Å². The first-order chi connectivity index (χ1) is 8.52. The second-order valence-electron chi connectivity index (χ2n) is 5.08. The van der Waals surface area contributed by atoms with Crippen LogP contribution in [0.5, 0.6) is 0 Å². The van der Waals surface area contributed by atoms with Crippen molar-refractivity contribution >= 4 is 22.6 Å². The van der Waals surface area contributed by atoms with Gasteiger partial charge in [0.2, 0.25) is 0 Å². The van der Waals surface area contributed by atoms with E-state index < -0.39 is 10.2 Å². The molecule has 1 heterocycles. The summed E-state index contributed by atoms with van der Waals surface area (Å²) in [5.41, 5.74) is 0. The fourth-order valence-electron chi connectivity index (χ4n) is 2.33. The van der Waals surface area contributed by atoms with Crippen molar-refractivity contribution < 1.29 is 8.42 Å². The van der Waals surface area contributed by atoms with Crippen molar-refractivity contribution in [3.8, 4) is 0 Å². The lowest BCUT2D eigenvalue weighted by molar-refractivity contribution is 0.256. The second kappa shape index (κ2) is 9.13. The summed E-state index contributed by atoms with van der Waals surface area (Å²) in [5.74, 6) is 0.613. The largest absolute Gasteiger partial charge is 0.319 e. The zero-order valence-electron chi connectivity index (χ0n) is 12.3. The van der Waals surface area contributed by atoms with Crippen LogP contribution in [0.4, 0.5) is 0 Å². The Kier molecular flexibility index (Phi) is 9.19. The van der Waals surface area contributed by atoms with Crippen LogP contribution in [0.15, 0.2) is 0 Å².